The third-order valence-electron chi connectivity index (χ3n) is 4.35. The molecule has 0 amide bonds. The van der Waals surface area contributed by atoms with Crippen molar-refractivity contribution >= 4 is 16.9 Å². The van der Waals surface area contributed by atoms with Crippen molar-refractivity contribution in [3.63, 3.8) is 0 Å². The molecule has 22 heavy (non-hydrogen) atoms. The number of hydrogen-bond donors (Lipinski definition) is 0. The van der Waals surface area contributed by atoms with Crippen LogP contribution < -0.4 is 0 Å². The average molecular weight is 321 g/mol. The first-order valence-electron chi connectivity index (χ1n) is 8.47. The van der Waals surface area contributed by atoms with Gasteiger partial charge in [-0.3, -0.25) is 14.6 Å². The van der Waals surface area contributed by atoms with Crippen molar-refractivity contribution in [3.05, 3.63) is 18.5 Å². The first-order chi connectivity index (χ1) is 10.8. The molecule has 0 aliphatic carbocycles. The summed E-state index contributed by atoms with van der Waals surface area (Å²) in [6.07, 6.45) is 7.72. The highest BCUT2D eigenvalue weighted by atomic mass is 32.2. The predicted octanol–water partition coefficient (Wildman–Crippen LogP) is 2.16. The molecule has 0 unspecified atom stereocenters. The van der Waals surface area contributed by atoms with Gasteiger partial charge in [-0.25, -0.2) is 0 Å². The molecule has 1 fully saturated rings. The van der Waals surface area contributed by atoms with Gasteiger partial charge < -0.3 is 4.90 Å². The van der Waals surface area contributed by atoms with Gasteiger partial charge in [-0.05, 0) is 25.5 Å². The molecule has 1 aromatic rings. The van der Waals surface area contributed by atoms with E-state index in [0.29, 0.717) is 5.25 Å². The summed E-state index contributed by atoms with van der Waals surface area (Å²) >= 11 is 1.95. The van der Waals surface area contributed by atoms with Gasteiger partial charge in [-0.2, -0.15) is 5.10 Å². The van der Waals surface area contributed by atoms with Crippen LogP contribution >= 0.6 is 11.8 Å². The van der Waals surface area contributed by atoms with Gasteiger partial charge in [0.05, 0.1) is 6.54 Å². The summed E-state index contributed by atoms with van der Waals surface area (Å²) in [6.45, 7) is 10.2. The standard InChI is InChI=1S/C16H27N5S/c1-15-14-17-16(22-15)20-12-10-19(11-13-20)7-3-2-4-8-21-9-5-6-18-21/h5-6,9,15H,2-4,7-8,10-14H2,1H3/t15-/m1/s1. The van der Waals surface area contributed by atoms with Crippen LogP contribution in [-0.4, -0.2) is 69.3 Å². The van der Waals surface area contributed by atoms with Gasteiger partial charge in [-0.1, -0.05) is 25.1 Å². The molecule has 5 nitrogen and oxygen atoms in total. The zero-order chi connectivity index (χ0) is 15.2. The molecule has 2 aliphatic rings. The second-order valence-electron chi connectivity index (χ2n) is 6.21. The molecule has 3 rings (SSSR count). The van der Waals surface area contributed by atoms with E-state index in [9.17, 15) is 0 Å². The fourth-order valence-corrected chi connectivity index (χ4v) is 4.01. The van der Waals surface area contributed by atoms with Gasteiger partial charge in [0.25, 0.3) is 0 Å². The van der Waals surface area contributed by atoms with E-state index >= 15 is 0 Å². The van der Waals surface area contributed by atoms with Crippen molar-refractivity contribution in [3.8, 4) is 0 Å². The lowest BCUT2D eigenvalue weighted by Crippen LogP contribution is -2.47. The smallest absolute Gasteiger partial charge is 0.159 e. The molecule has 1 saturated heterocycles. The Morgan fingerprint density at radius 1 is 1.14 bits per heavy atom. The van der Waals surface area contributed by atoms with E-state index in [1.807, 2.05) is 34.9 Å². The Kier molecular flexibility index (Phi) is 5.78. The molecule has 0 saturated carbocycles. The monoisotopic (exact) mass is 321 g/mol. The number of hydrogen-bond acceptors (Lipinski definition) is 5. The van der Waals surface area contributed by atoms with Gasteiger partial charge in [0.1, 0.15) is 0 Å². The normalized spacial score (nSPS) is 23.0. The number of nitrogens with zero attached hydrogens (tertiary/aromatic N) is 5. The Hall–Kier alpha value is -1.01. The Morgan fingerprint density at radius 2 is 1.95 bits per heavy atom. The number of unbranched alkanes of at least 4 members (excludes halogenated alkanes) is 2. The van der Waals surface area contributed by atoms with Gasteiger partial charge >= 0.3 is 0 Å². The minimum Gasteiger partial charge on any atom is -0.349 e. The molecule has 0 bridgehead atoms. The summed E-state index contributed by atoms with van der Waals surface area (Å²) in [7, 11) is 0. The van der Waals surface area contributed by atoms with Gasteiger partial charge in [0, 0.05) is 50.4 Å². The Balaban J connectivity index is 1.26. The van der Waals surface area contributed by atoms with E-state index in [-0.39, 0.29) is 0 Å². The number of aromatic nitrogens is 2. The first-order valence-corrected chi connectivity index (χ1v) is 9.35. The maximum absolute atomic E-state index is 4.66. The molecule has 0 N–H and O–H groups in total. The largest absolute Gasteiger partial charge is 0.349 e. The summed E-state index contributed by atoms with van der Waals surface area (Å²) < 4.78 is 2.03. The molecule has 0 spiro atoms. The molecule has 0 radical (unpaired) electrons. The van der Waals surface area contributed by atoms with Crippen LogP contribution in [0, 0.1) is 0 Å². The number of aryl methyl sites for hydroxylation is 1. The number of thioether (sulfide) groups is 1. The highest BCUT2D eigenvalue weighted by Crippen LogP contribution is 2.23. The van der Waals surface area contributed by atoms with Crippen LogP contribution in [0.4, 0.5) is 0 Å². The van der Waals surface area contributed by atoms with Gasteiger partial charge in [0.2, 0.25) is 0 Å². The third-order valence-corrected chi connectivity index (χ3v) is 5.50. The van der Waals surface area contributed by atoms with E-state index in [4.69, 9.17) is 0 Å². The Morgan fingerprint density at radius 3 is 2.64 bits per heavy atom. The average Bonchev–Trinajstić information content (AvgIpc) is 3.19. The van der Waals surface area contributed by atoms with E-state index < -0.39 is 0 Å². The summed E-state index contributed by atoms with van der Waals surface area (Å²) in [4.78, 5) is 9.73. The van der Waals surface area contributed by atoms with Gasteiger partial charge in [0.15, 0.2) is 5.17 Å². The molecule has 122 valence electrons. The molecular weight excluding hydrogens is 294 g/mol. The predicted molar refractivity (Wildman–Crippen MR) is 93.4 cm³/mol. The fraction of sp³-hybridized carbons (Fsp3) is 0.750. The van der Waals surface area contributed by atoms with Crippen molar-refractivity contribution in [2.75, 3.05) is 39.3 Å². The van der Waals surface area contributed by atoms with Crippen molar-refractivity contribution in [2.45, 2.75) is 38.0 Å². The summed E-state index contributed by atoms with van der Waals surface area (Å²) in [6, 6.07) is 1.99. The van der Waals surface area contributed by atoms with E-state index in [1.165, 1.54) is 44.1 Å². The zero-order valence-corrected chi connectivity index (χ0v) is 14.3. The number of rotatable bonds is 6. The van der Waals surface area contributed by atoms with E-state index in [2.05, 4.69) is 26.8 Å². The lowest BCUT2D eigenvalue weighted by atomic mass is 10.2. The van der Waals surface area contributed by atoms with Crippen molar-refractivity contribution in [1.82, 2.24) is 19.6 Å². The molecule has 1 atom stereocenters. The van der Waals surface area contributed by atoms with Gasteiger partial charge in [-0.15, -0.1) is 0 Å². The highest BCUT2D eigenvalue weighted by molar-refractivity contribution is 8.14. The Labute approximate surface area is 137 Å². The van der Waals surface area contributed by atoms with Crippen LogP contribution in [0.5, 0.6) is 0 Å². The van der Waals surface area contributed by atoms with Crippen molar-refractivity contribution in [2.24, 2.45) is 4.99 Å². The van der Waals surface area contributed by atoms with Crippen molar-refractivity contribution in [1.29, 1.82) is 0 Å². The van der Waals surface area contributed by atoms with Crippen LogP contribution in [0.3, 0.4) is 0 Å². The molecule has 6 heteroatoms. The first kappa shape index (κ1) is 15.9. The lowest BCUT2D eigenvalue weighted by Gasteiger charge is -2.35. The van der Waals surface area contributed by atoms with Crippen LogP contribution in [0.15, 0.2) is 23.5 Å². The second kappa shape index (κ2) is 8.02. The summed E-state index contributed by atoms with van der Waals surface area (Å²) in [5, 5.41) is 6.20. The maximum Gasteiger partial charge on any atom is 0.159 e. The SMILES string of the molecule is C[C@@H]1CN=C(N2CCN(CCCCCn3cccn3)CC2)S1. The summed E-state index contributed by atoms with van der Waals surface area (Å²) in [5.74, 6) is 0. The fourth-order valence-electron chi connectivity index (χ4n) is 3.02. The summed E-state index contributed by atoms with van der Waals surface area (Å²) in [5.41, 5.74) is 0. The minimum absolute atomic E-state index is 0.669. The number of amidine groups is 1. The molecule has 0 aromatic carbocycles. The zero-order valence-electron chi connectivity index (χ0n) is 13.5. The van der Waals surface area contributed by atoms with Crippen molar-refractivity contribution < 1.29 is 0 Å². The molecule has 1 aromatic heterocycles. The molecular formula is C16H27N5S. The van der Waals surface area contributed by atoms with E-state index in [1.54, 1.807) is 0 Å². The highest BCUT2D eigenvalue weighted by Gasteiger charge is 2.24. The van der Waals surface area contributed by atoms with Crippen LogP contribution in [-0.2, 0) is 6.54 Å². The van der Waals surface area contributed by atoms with E-state index in [0.717, 1.165) is 26.2 Å². The molecule has 2 aliphatic heterocycles. The number of piperazine rings is 1. The second-order valence-corrected chi connectivity index (χ2v) is 7.62. The van der Waals surface area contributed by atoms with Crippen LogP contribution in [0.25, 0.3) is 0 Å². The lowest BCUT2D eigenvalue weighted by molar-refractivity contribution is 0.181. The minimum atomic E-state index is 0.669. The van der Waals surface area contributed by atoms with Crippen LogP contribution in [0.1, 0.15) is 26.2 Å². The maximum atomic E-state index is 4.66. The quantitative estimate of drug-likeness (QED) is 0.753. The topological polar surface area (TPSA) is 36.7 Å². The Bertz CT molecular complexity index is 465. The third kappa shape index (κ3) is 4.49. The number of aliphatic imine (C=N–C) groups is 1. The van der Waals surface area contributed by atoms with Crippen LogP contribution in [0.2, 0.25) is 0 Å². The molecule has 3 heterocycles.